The molecule has 2 nitrogen and oxygen atoms in total. The van der Waals surface area contributed by atoms with Crippen LogP contribution in [-0.4, -0.2) is 50.6 Å². The van der Waals surface area contributed by atoms with Gasteiger partial charge < -0.3 is 4.90 Å². The van der Waals surface area contributed by atoms with Crippen molar-refractivity contribution in [3.63, 3.8) is 0 Å². The molecule has 0 saturated heterocycles. The van der Waals surface area contributed by atoms with Crippen LogP contribution in [-0.2, 0) is 0 Å². The Morgan fingerprint density at radius 1 is 1.36 bits per heavy atom. The molecule has 0 unspecified atom stereocenters. The minimum atomic E-state index is -0.258. The van der Waals surface area contributed by atoms with Gasteiger partial charge in [-0.05, 0) is 27.2 Å². The van der Waals surface area contributed by atoms with E-state index in [-0.39, 0.29) is 17.4 Å². The second-order valence-electron chi connectivity index (χ2n) is 3.58. The molecule has 0 rings (SSSR count). The van der Waals surface area contributed by atoms with E-state index in [1.165, 1.54) is 6.08 Å². The van der Waals surface area contributed by atoms with E-state index >= 15 is 0 Å². The van der Waals surface area contributed by atoms with Crippen molar-refractivity contribution in [2.24, 2.45) is 0 Å². The molecule has 0 heterocycles. The largest absolute Gasteiger partial charge is 0.308 e. The Morgan fingerprint density at radius 2 is 1.93 bits per heavy atom. The minimum absolute atomic E-state index is 0.225. The Kier molecular flexibility index (Phi) is 6.79. The first-order chi connectivity index (χ1) is 6.41. The first kappa shape index (κ1) is 13.6. The first-order valence-corrected chi connectivity index (χ1v) is 4.83. The lowest BCUT2D eigenvalue weighted by Gasteiger charge is -2.18. The van der Waals surface area contributed by atoms with Crippen LogP contribution in [0.4, 0.5) is 4.39 Å². The third-order valence-corrected chi connectivity index (χ3v) is 1.77. The highest BCUT2D eigenvalue weighted by Gasteiger charge is 2.02. The molecule has 0 aromatic carbocycles. The average Bonchev–Trinajstić information content (AvgIpc) is 1.98. The maximum Gasteiger partial charge on any atom is 0.115 e. The summed E-state index contributed by atoms with van der Waals surface area (Å²) >= 11 is 5.45. The molecule has 0 bridgehead atoms. The number of hydrogen-bond acceptors (Lipinski definition) is 2. The van der Waals surface area contributed by atoms with Gasteiger partial charge >= 0.3 is 0 Å². The summed E-state index contributed by atoms with van der Waals surface area (Å²) in [5.74, 6) is -0.258. The number of hydrogen-bond donors (Lipinski definition) is 0. The molecular formula is C10H18ClFN2. The Labute approximate surface area is 90.6 Å². The number of nitrogens with zero attached hydrogens (tertiary/aromatic N) is 2. The lowest BCUT2D eigenvalue weighted by molar-refractivity contribution is 0.284. The van der Waals surface area contributed by atoms with Crippen molar-refractivity contribution in [2.45, 2.75) is 0 Å². The zero-order chi connectivity index (χ0) is 11.1. The van der Waals surface area contributed by atoms with E-state index in [1.54, 1.807) is 0 Å². The predicted octanol–water partition coefficient (Wildman–Crippen LogP) is 2.09. The van der Waals surface area contributed by atoms with E-state index in [9.17, 15) is 4.39 Å². The lowest BCUT2D eigenvalue weighted by Crippen LogP contribution is -2.29. The normalized spacial score (nSPS) is 12.6. The second-order valence-corrected chi connectivity index (χ2v) is 4.06. The van der Waals surface area contributed by atoms with Gasteiger partial charge in [0.1, 0.15) is 5.83 Å². The molecule has 0 aliphatic heterocycles. The maximum atomic E-state index is 13.1. The van der Waals surface area contributed by atoms with Gasteiger partial charge in [-0.2, -0.15) is 0 Å². The van der Waals surface area contributed by atoms with Crippen molar-refractivity contribution in [1.29, 1.82) is 0 Å². The molecule has 4 heteroatoms. The highest BCUT2D eigenvalue weighted by Crippen LogP contribution is 2.06. The van der Waals surface area contributed by atoms with E-state index in [0.29, 0.717) is 0 Å². The molecule has 0 amide bonds. The van der Waals surface area contributed by atoms with E-state index in [2.05, 4.69) is 11.5 Å². The Bertz CT molecular complexity index is 214. The van der Waals surface area contributed by atoms with Crippen LogP contribution >= 0.6 is 11.6 Å². The molecule has 0 N–H and O–H groups in total. The summed E-state index contributed by atoms with van der Waals surface area (Å²) in [6.07, 6.45) is 1.24. The third-order valence-electron chi connectivity index (χ3n) is 1.66. The van der Waals surface area contributed by atoms with Crippen molar-refractivity contribution in [3.8, 4) is 0 Å². The van der Waals surface area contributed by atoms with Gasteiger partial charge in [-0.1, -0.05) is 18.2 Å². The van der Waals surface area contributed by atoms with Gasteiger partial charge in [-0.25, -0.2) is 4.39 Å². The van der Waals surface area contributed by atoms with Crippen molar-refractivity contribution >= 4 is 11.6 Å². The second kappa shape index (κ2) is 6.98. The van der Waals surface area contributed by atoms with Crippen LogP contribution in [0.25, 0.3) is 0 Å². The fourth-order valence-electron chi connectivity index (χ4n) is 0.923. The van der Waals surface area contributed by atoms with Gasteiger partial charge in [0.25, 0.3) is 0 Å². The molecule has 0 spiro atoms. The van der Waals surface area contributed by atoms with Crippen LogP contribution in [0.2, 0.25) is 0 Å². The summed E-state index contributed by atoms with van der Waals surface area (Å²) in [6.45, 7) is 5.41. The average molecular weight is 221 g/mol. The van der Waals surface area contributed by atoms with Crippen LogP contribution in [0.3, 0.4) is 0 Å². The molecule has 0 aromatic rings. The number of rotatable bonds is 6. The number of halogens is 2. The van der Waals surface area contributed by atoms with Crippen LogP contribution in [0.1, 0.15) is 0 Å². The van der Waals surface area contributed by atoms with Gasteiger partial charge in [-0.3, -0.25) is 4.90 Å². The van der Waals surface area contributed by atoms with Crippen molar-refractivity contribution in [3.05, 3.63) is 23.5 Å². The van der Waals surface area contributed by atoms with Crippen molar-refractivity contribution in [1.82, 2.24) is 9.80 Å². The first-order valence-electron chi connectivity index (χ1n) is 4.45. The third kappa shape index (κ3) is 8.23. The molecule has 0 aliphatic carbocycles. The van der Waals surface area contributed by atoms with Crippen LogP contribution in [0.15, 0.2) is 23.5 Å². The summed E-state index contributed by atoms with van der Waals surface area (Å²) in [5, 5.41) is 0.225. The molecule has 82 valence electrons. The summed E-state index contributed by atoms with van der Waals surface area (Å²) in [4.78, 5) is 3.95. The Morgan fingerprint density at radius 3 is 2.36 bits per heavy atom. The summed E-state index contributed by atoms with van der Waals surface area (Å²) < 4.78 is 13.1. The molecule has 0 aromatic heterocycles. The molecule has 0 radical (unpaired) electrons. The molecule has 0 aliphatic rings. The standard InChI is InChI=1S/C10H18ClFN2/c1-9(11)7-10(12)8-14(4)6-5-13(2)3/h7H,1,5-6,8H2,2-4H3/b10-7+. The van der Waals surface area contributed by atoms with Gasteiger partial charge in [-0.15, -0.1) is 0 Å². The summed E-state index contributed by atoms with van der Waals surface area (Å²) in [7, 11) is 5.84. The minimum Gasteiger partial charge on any atom is -0.308 e. The van der Waals surface area contributed by atoms with Crippen molar-refractivity contribution in [2.75, 3.05) is 40.8 Å². The van der Waals surface area contributed by atoms with E-state index in [0.717, 1.165) is 13.1 Å². The predicted molar refractivity (Wildman–Crippen MR) is 60.2 cm³/mol. The van der Waals surface area contributed by atoms with Crippen molar-refractivity contribution < 1.29 is 4.39 Å². The summed E-state index contributed by atoms with van der Waals surface area (Å²) in [5.41, 5.74) is 0. The Hall–Kier alpha value is -0.380. The molecule has 0 fully saturated rings. The number of allylic oxidation sites excluding steroid dienone is 2. The van der Waals surface area contributed by atoms with E-state index < -0.39 is 0 Å². The SMILES string of the molecule is C=C(Cl)/C=C(/F)CN(C)CCN(C)C. The topological polar surface area (TPSA) is 6.48 Å². The van der Waals surface area contributed by atoms with Gasteiger partial charge in [0.05, 0.1) is 6.54 Å². The van der Waals surface area contributed by atoms with Crippen LogP contribution < -0.4 is 0 Å². The molecule has 0 saturated carbocycles. The fourth-order valence-corrected chi connectivity index (χ4v) is 1.04. The monoisotopic (exact) mass is 220 g/mol. The van der Waals surface area contributed by atoms with Gasteiger partial charge in [0.2, 0.25) is 0 Å². The van der Waals surface area contributed by atoms with Crippen LogP contribution in [0.5, 0.6) is 0 Å². The highest BCUT2D eigenvalue weighted by molar-refractivity contribution is 6.30. The molecular weight excluding hydrogens is 203 g/mol. The molecule has 14 heavy (non-hydrogen) atoms. The van der Waals surface area contributed by atoms with E-state index in [1.807, 2.05) is 26.0 Å². The zero-order valence-corrected chi connectivity index (χ0v) is 9.81. The quantitative estimate of drug-likeness (QED) is 0.633. The molecule has 0 atom stereocenters. The van der Waals surface area contributed by atoms with Crippen LogP contribution in [0, 0.1) is 0 Å². The van der Waals surface area contributed by atoms with Gasteiger partial charge in [0.15, 0.2) is 0 Å². The highest BCUT2D eigenvalue weighted by atomic mass is 35.5. The number of likely N-dealkylation sites (N-methyl/N-ethyl adjacent to an activating group) is 2. The smallest absolute Gasteiger partial charge is 0.115 e. The maximum absolute atomic E-state index is 13.1. The fraction of sp³-hybridized carbons (Fsp3) is 0.600. The van der Waals surface area contributed by atoms with E-state index in [4.69, 9.17) is 11.6 Å². The zero-order valence-electron chi connectivity index (χ0n) is 9.06. The lowest BCUT2D eigenvalue weighted by atomic mass is 10.4. The summed E-state index contributed by atoms with van der Waals surface area (Å²) in [6, 6.07) is 0. The van der Waals surface area contributed by atoms with Gasteiger partial charge in [0, 0.05) is 18.1 Å². The Balaban J connectivity index is 3.82.